The van der Waals surface area contributed by atoms with Crippen LogP contribution in [0.3, 0.4) is 0 Å². The second kappa shape index (κ2) is 11.8. The molecule has 0 fully saturated rings. The molecule has 0 aliphatic rings. The molecule has 2 aromatic rings. The molecular formula is C22H32N4O3. The van der Waals surface area contributed by atoms with E-state index in [1.807, 2.05) is 63.2 Å². The van der Waals surface area contributed by atoms with E-state index in [9.17, 15) is 14.4 Å². The highest BCUT2D eigenvalue weighted by Crippen LogP contribution is 2.18. The number of amides is 3. The van der Waals surface area contributed by atoms with E-state index in [0.717, 1.165) is 16.3 Å². The SMILES string of the molecule is CC(=O)NC(C)(C)C.NCCC(=O)NCC(=O)NCc1cccc2ccccc12. The van der Waals surface area contributed by atoms with E-state index in [0.29, 0.717) is 6.54 Å². The smallest absolute Gasteiger partial charge is 0.239 e. The lowest BCUT2D eigenvalue weighted by Gasteiger charge is -2.18. The molecule has 0 unspecified atom stereocenters. The minimum atomic E-state index is -0.215. The fraction of sp³-hybridized carbons (Fsp3) is 0.409. The van der Waals surface area contributed by atoms with Crippen molar-refractivity contribution in [3.8, 4) is 0 Å². The van der Waals surface area contributed by atoms with Gasteiger partial charge < -0.3 is 21.7 Å². The van der Waals surface area contributed by atoms with Gasteiger partial charge in [-0.3, -0.25) is 14.4 Å². The van der Waals surface area contributed by atoms with Crippen molar-refractivity contribution in [2.24, 2.45) is 5.73 Å². The first kappa shape index (κ1) is 24.1. The third kappa shape index (κ3) is 10.3. The molecule has 0 bridgehead atoms. The number of carbonyl (C=O) groups is 3. The van der Waals surface area contributed by atoms with Crippen molar-refractivity contribution in [1.82, 2.24) is 16.0 Å². The zero-order valence-electron chi connectivity index (χ0n) is 17.7. The normalized spacial score (nSPS) is 10.5. The van der Waals surface area contributed by atoms with Crippen LogP contribution in [0.25, 0.3) is 10.8 Å². The number of hydrogen-bond acceptors (Lipinski definition) is 4. The largest absolute Gasteiger partial charge is 0.352 e. The zero-order chi connectivity index (χ0) is 21.9. The van der Waals surface area contributed by atoms with E-state index in [1.54, 1.807) is 0 Å². The summed E-state index contributed by atoms with van der Waals surface area (Å²) in [6, 6.07) is 14.0. The maximum atomic E-state index is 11.7. The van der Waals surface area contributed by atoms with Crippen molar-refractivity contribution in [2.45, 2.75) is 46.2 Å². The summed E-state index contributed by atoms with van der Waals surface area (Å²) in [5.41, 5.74) is 6.24. The molecule has 0 spiro atoms. The molecule has 0 saturated heterocycles. The molecular weight excluding hydrogens is 368 g/mol. The third-order valence-corrected chi connectivity index (χ3v) is 3.72. The molecule has 0 aliphatic heterocycles. The lowest BCUT2D eigenvalue weighted by Crippen LogP contribution is -2.38. The van der Waals surface area contributed by atoms with Crippen LogP contribution in [0.5, 0.6) is 0 Å². The van der Waals surface area contributed by atoms with Gasteiger partial charge in [0.05, 0.1) is 6.54 Å². The quantitative estimate of drug-likeness (QED) is 0.592. The highest BCUT2D eigenvalue weighted by atomic mass is 16.2. The lowest BCUT2D eigenvalue weighted by atomic mass is 10.0. The van der Waals surface area contributed by atoms with Crippen molar-refractivity contribution >= 4 is 28.5 Å². The molecule has 7 nitrogen and oxygen atoms in total. The van der Waals surface area contributed by atoms with Gasteiger partial charge in [-0.2, -0.15) is 0 Å². The van der Waals surface area contributed by atoms with Crippen LogP contribution in [0.4, 0.5) is 0 Å². The van der Waals surface area contributed by atoms with E-state index in [1.165, 1.54) is 6.92 Å². The Morgan fingerprint density at radius 2 is 1.59 bits per heavy atom. The summed E-state index contributed by atoms with van der Waals surface area (Å²) in [4.78, 5) is 33.3. The Labute approximate surface area is 172 Å². The molecule has 0 aromatic heterocycles. The number of carbonyl (C=O) groups excluding carboxylic acids is 3. The van der Waals surface area contributed by atoms with Gasteiger partial charge in [-0.15, -0.1) is 0 Å². The minimum absolute atomic E-state index is 0.0242. The van der Waals surface area contributed by atoms with Crippen molar-refractivity contribution in [2.75, 3.05) is 13.1 Å². The standard InChI is InChI=1S/C16H19N3O2.C6H13NO/c17-9-8-15(20)19-11-16(21)18-10-13-6-3-5-12-4-1-2-7-14(12)13;1-5(8)7-6(2,3)4/h1-7H,8-11,17H2,(H,18,21)(H,19,20);1-4H3,(H,7,8). The average Bonchev–Trinajstić information content (AvgIpc) is 2.63. The Kier molecular flexibility index (Phi) is 9.82. The Morgan fingerprint density at radius 1 is 0.931 bits per heavy atom. The number of fused-ring (bicyclic) bond motifs is 1. The topological polar surface area (TPSA) is 113 Å². The van der Waals surface area contributed by atoms with Crippen LogP contribution < -0.4 is 21.7 Å². The molecule has 29 heavy (non-hydrogen) atoms. The molecule has 0 saturated carbocycles. The highest BCUT2D eigenvalue weighted by Gasteiger charge is 2.09. The van der Waals surface area contributed by atoms with Crippen LogP contribution in [0.1, 0.15) is 39.7 Å². The van der Waals surface area contributed by atoms with Gasteiger partial charge in [0.1, 0.15) is 0 Å². The number of rotatable bonds is 6. The molecule has 5 N–H and O–H groups in total. The molecule has 0 radical (unpaired) electrons. The summed E-state index contributed by atoms with van der Waals surface area (Å²) in [5, 5.41) is 10.3. The Morgan fingerprint density at radius 3 is 2.17 bits per heavy atom. The van der Waals surface area contributed by atoms with Gasteiger partial charge in [-0.05, 0) is 37.1 Å². The molecule has 3 amide bonds. The average molecular weight is 401 g/mol. The Balaban J connectivity index is 0.000000447. The van der Waals surface area contributed by atoms with Crippen LogP contribution in [0, 0.1) is 0 Å². The van der Waals surface area contributed by atoms with Gasteiger partial charge in [0.25, 0.3) is 0 Å². The monoisotopic (exact) mass is 400 g/mol. The van der Waals surface area contributed by atoms with Crippen LogP contribution in [-0.4, -0.2) is 36.3 Å². The van der Waals surface area contributed by atoms with Gasteiger partial charge in [0.15, 0.2) is 0 Å². The number of benzene rings is 2. The van der Waals surface area contributed by atoms with Crippen LogP contribution in [0.2, 0.25) is 0 Å². The molecule has 2 rings (SSSR count). The molecule has 7 heteroatoms. The first-order valence-corrected chi connectivity index (χ1v) is 9.61. The summed E-state index contributed by atoms with van der Waals surface area (Å²) >= 11 is 0. The van der Waals surface area contributed by atoms with E-state index < -0.39 is 0 Å². The van der Waals surface area contributed by atoms with Gasteiger partial charge in [-0.1, -0.05) is 42.5 Å². The second-order valence-electron chi connectivity index (χ2n) is 7.66. The predicted octanol–water partition coefficient (Wildman–Crippen LogP) is 1.84. The van der Waals surface area contributed by atoms with Crippen molar-refractivity contribution in [1.29, 1.82) is 0 Å². The highest BCUT2D eigenvalue weighted by molar-refractivity contribution is 5.87. The van der Waals surface area contributed by atoms with E-state index in [-0.39, 0.29) is 42.8 Å². The number of hydrogen-bond donors (Lipinski definition) is 4. The summed E-state index contributed by atoms with van der Waals surface area (Å²) in [6.45, 7) is 8.07. The fourth-order valence-corrected chi connectivity index (χ4v) is 2.63. The maximum absolute atomic E-state index is 11.7. The van der Waals surface area contributed by atoms with Gasteiger partial charge in [0, 0.05) is 32.0 Å². The van der Waals surface area contributed by atoms with E-state index >= 15 is 0 Å². The summed E-state index contributed by atoms with van der Waals surface area (Å²) in [7, 11) is 0. The van der Waals surface area contributed by atoms with E-state index in [2.05, 4.69) is 16.0 Å². The van der Waals surface area contributed by atoms with Crippen LogP contribution >= 0.6 is 0 Å². The van der Waals surface area contributed by atoms with Gasteiger partial charge >= 0.3 is 0 Å². The molecule has 0 aliphatic carbocycles. The van der Waals surface area contributed by atoms with Gasteiger partial charge in [0.2, 0.25) is 17.7 Å². The lowest BCUT2D eigenvalue weighted by molar-refractivity contribution is -0.126. The maximum Gasteiger partial charge on any atom is 0.239 e. The summed E-state index contributed by atoms with van der Waals surface area (Å²) < 4.78 is 0. The van der Waals surface area contributed by atoms with Crippen LogP contribution in [0.15, 0.2) is 42.5 Å². The molecule has 158 valence electrons. The van der Waals surface area contributed by atoms with E-state index in [4.69, 9.17) is 5.73 Å². The predicted molar refractivity (Wildman–Crippen MR) is 116 cm³/mol. The third-order valence-electron chi connectivity index (χ3n) is 3.72. The molecule has 0 heterocycles. The first-order chi connectivity index (χ1) is 13.6. The molecule has 0 atom stereocenters. The Hall–Kier alpha value is -2.93. The molecule has 2 aromatic carbocycles. The number of nitrogens with two attached hydrogens (primary N) is 1. The Bertz CT molecular complexity index is 823. The second-order valence-corrected chi connectivity index (χ2v) is 7.66. The summed E-state index contributed by atoms with van der Waals surface area (Å²) in [5.74, 6) is -0.399. The van der Waals surface area contributed by atoms with Crippen LogP contribution in [-0.2, 0) is 20.9 Å². The first-order valence-electron chi connectivity index (χ1n) is 9.61. The fourth-order valence-electron chi connectivity index (χ4n) is 2.63. The zero-order valence-corrected chi connectivity index (χ0v) is 17.7. The van der Waals surface area contributed by atoms with Crippen molar-refractivity contribution < 1.29 is 14.4 Å². The van der Waals surface area contributed by atoms with Gasteiger partial charge in [-0.25, -0.2) is 0 Å². The summed E-state index contributed by atoms with van der Waals surface area (Å²) in [6.07, 6.45) is 0.233. The number of nitrogens with one attached hydrogen (secondary N) is 3. The minimum Gasteiger partial charge on any atom is -0.352 e. The van der Waals surface area contributed by atoms with Crippen molar-refractivity contribution in [3.05, 3.63) is 48.0 Å². The van der Waals surface area contributed by atoms with Crippen molar-refractivity contribution in [3.63, 3.8) is 0 Å².